The summed E-state index contributed by atoms with van der Waals surface area (Å²) in [7, 11) is 0. The lowest BCUT2D eigenvalue weighted by molar-refractivity contribution is -0.132. The summed E-state index contributed by atoms with van der Waals surface area (Å²) in [6.45, 7) is 6.51. The summed E-state index contributed by atoms with van der Waals surface area (Å²) >= 11 is 1.82. The van der Waals surface area contributed by atoms with Gasteiger partial charge in [-0.2, -0.15) is 0 Å². The topological polar surface area (TPSA) is 32.3 Å². The average molecular weight is 357 g/mol. The Bertz CT molecular complexity index is 709. The molecule has 1 atom stereocenters. The van der Waals surface area contributed by atoms with Crippen LogP contribution in [0.25, 0.3) is 0 Å². The Labute approximate surface area is 155 Å². The van der Waals surface area contributed by atoms with E-state index < -0.39 is 0 Å². The molecule has 3 nitrogen and oxygen atoms in total. The van der Waals surface area contributed by atoms with Gasteiger partial charge in [-0.3, -0.25) is 4.79 Å². The van der Waals surface area contributed by atoms with Crippen molar-refractivity contribution in [1.82, 2.24) is 10.2 Å². The SMILES string of the molecule is CCCCCNCC(=O)N1CCc2sccc2[C@H]1c1ccccc1C. The van der Waals surface area contributed by atoms with E-state index in [4.69, 9.17) is 0 Å². The van der Waals surface area contributed by atoms with Crippen molar-refractivity contribution < 1.29 is 4.79 Å². The van der Waals surface area contributed by atoms with Crippen molar-refractivity contribution in [2.24, 2.45) is 0 Å². The lowest BCUT2D eigenvalue weighted by atomic mass is 9.90. The van der Waals surface area contributed by atoms with Crippen molar-refractivity contribution in [2.45, 2.75) is 45.6 Å². The van der Waals surface area contributed by atoms with Crippen LogP contribution < -0.4 is 5.32 Å². The summed E-state index contributed by atoms with van der Waals surface area (Å²) in [6, 6.07) is 10.7. The van der Waals surface area contributed by atoms with E-state index in [0.717, 1.165) is 25.9 Å². The Morgan fingerprint density at radius 2 is 2.08 bits per heavy atom. The average Bonchev–Trinajstić information content (AvgIpc) is 3.10. The Morgan fingerprint density at radius 3 is 2.88 bits per heavy atom. The predicted molar refractivity (Wildman–Crippen MR) is 105 cm³/mol. The molecule has 0 spiro atoms. The molecule has 0 radical (unpaired) electrons. The summed E-state index contributed by atoms with van der Waals surface area (Å²) in [4.78, 5) is 16.4. The van der Waals surface area contributed by atoms with Gasteiger partial charge >= 0.3 is 0 Å². The van der Waals surface area contributed by atoms with Gasteiger partial charge in [0.15, 0.2) is 0 Å². The van der Waals surface area contributed by atoms with Gasteiger partial charge < -0.3 is 10.2 Å². The molecular weight excluding hydrogens is 328 g/mol. The van der Waals surface area contributed by atoms with Gasteiger partial charge in [0.1, 0.15) is 0 Å². The van der Waals surface area contributed by atoms with Crippen LogP contribution in [0.4, 0.5) is 0 Å². The molecule has 25 heavy (non-hydrogen) atoms. The van der Waals surface area contributed by atoms with Gasteiger partial charge in [0.05, 0.1) is 12.6 Å². The summed E-state index contributed by atoms with van der Waals surface area (Å²) in [5.41, 5.74) is 3.81. The van der Waals surface area contributed by atoms with Crippen molar-refractivity contribution >= 4 is 17.2 Å². The van der Waals surface area contributed by atoms with Crippen molar-refractivity contribution in [3.05, 3.63) is 57.3 Å². The number of fused-ring (bicyclic) bond motifs is 1. The number of nitrogens with zero attached hydrogens (tertiary/aromatic N) is 1. The van der Waals surface area contributed by atoms with E-state index in [2.05, 4.69) is 59.8 Å². The number of hydrogen-bond acceptors (Lipinski definition) is 3. The molecule has 1 N–H and O–H groups in total. The van der Waals surface area contributed by atoms with Crippen molar-refractivity contribution in [3.63, 3.8) is 0 Å². The Hall–Kier alpha value is -1.65. The fourth-order valence-corrected chi connectivity index (χ4v) is 4.51. The molecule has 0 saturated carbocycles. The Balaban J connectivity index is 1.78. The molecule has 134 valence electrons. The first-order valence-electron chi connectivity index (χ1n) is 9.34. The molecule has 0 bridgehead atoms. The second-order valence-electron chi connectivity index (χ2n) is 6.78. The standard InChI is InChI=1S/C21H28N2OS/c1-3-4-7-12-22-15-20(24)23-13-10-19-18(11-14-25-19)21(23)17-9-6-5-8-16(17)2/h5-6,8-9,11,14,21-22H,3-4,7,10,12-13,15H2,1-2H3/t21-/m1/s1. The summed E-state index contributed by atoms with van der Waals surface area (Å²) in [5.74, 6) is 0.210. The van der Waals surface area contributed by atoms with Gasteiger partial charge in [-0.25, -0.2) is 0 Å². The molecular formula is C21H28N2OS. The van der Waals surface area contributed by atoms with Gasteiger partial charge in [0.25, 0.3) is 0 Å². The molecule has 1 aliphatic rings. The minimum atomic E-state index is 0.0566. The lowest BCUT2D eigenvalue weighted by Crippen LogP contribution is -2.44. The largest absolute Gasteiger partial charge is 0.330 e. The highest BCUT2D eigenvalue weighted by Crippen LogP contribution is 2.38. The molecule has 2 heterocycles. The van der Waals surface area contributed by atoms with Gasteiger partial charge in [0.2, 0.25) is 5.91 Å². The number of nitrogens with one attached hydrogen (secondary N) is 1. The molecule has 0 fully saturated rings. The number of amides is 1. The maximum Gasteiger partial charge on any atom is 0.237 e. The lowest BCUT2D eigenvalue weighted by Gasteiger charge is -2.37. The number of benzene rings is 1. The Morgan fingerprint density at radius 1 is 1.24 bits per heavy atom. The Kier molecular flexibility index (Phi) is 6.27. The number of carbonyl (C=O) groups excluding carboxylic acids is 1. The minimum absolute atomic E-state index is 0.0566. The molecule has 1 aromatic carbocycles. The second-order valence-corrected chi connectivity index (χ2v) is 7.78. The van der Waals surface area contributed by atoms with E-state index >= 15 is 0 Å². The molecule has 0 saturated heterocycles. The van der Waals surface area contributed by atoms with E-state index in [1.54, 1.807) is 0 Å². The van der Waals surface area contributed by atoms with Crippen LogP contribution in [0.5, 0.6) is 0 Å². The van der Waals surface area contributed by atoms with Crippen LogP contribution in [0.3, 0.4) is 0 Å². The number of unbranched alkanes of at least 4 members (excludes halogenated alkanes) is 2. The van der Waals surface area contributed by atoms with Crippen molar-refractivity contribution in [1.29, 1.82) is 0 Å². The van der Waals surface area contributed by atoms with Crippen molar-refractivity contribution in [3.8, 4) is 0 Å². The molecule has 4 heteroatoms. The van der Waals surface area contributed by atoms with Crippen LogP contribution in [-0.2, 0) is 11.2 Å². The predicted octanol–water partition coefficient (Wildman–Crippen LogP) is 4.31. The summed E-state index contributed by atoms with van der Waals surface area (Å²) < 4.78 is 0. The maximum absolute atomic E-state index is 12.9. The van der Waals surface area contributed by atoms with E-state index in [0.29, 0.717) is 6.54 Å². The number of thiophene rings is 1. The first-order chi connectivity index (χ1) is 12.2. The zero-order chi connectivity index (χ0) is 17.6. The van der Waals surface area contributed by atoms with E-state index in [9.17, 15) is 4.79 Å². The van der Waals surface area contributed by atoms with Gasteiger partial charge in [0, 0.05) is 11.4 Å². The third kappa shape index (κ3) is 4.13. The molecule has 3 rings (SSSR count). The monoisotopic (exact) mass is 356 g/mol. The molecule has 0 unspecified atom stereocenters. The van der Waals surface area contributed by atoms with Crippen LogP contribution in [-0.4, -0.2) is 30.4 Å². The fraction of sp³-hybridized carbons (Fsp3) is 0.476. The van der Waals surface area contributed by atoms with Gasteiger partial charge in [-0.05, 0) is 54.4 Å². The van der Waals surface area contributed by atoms with Gasteiger partial charge in [-0.15, -0.1) is 11.3 Å². The van der Waals surface area contributed by atoms with E-state index in [-0.39, 0.29) is 11.9 Å². The second kappa shape index (κ2) is 8.63. The molecule has 0 aliphatic carbocycles. The highest BCUT2D eigenvalue weighted by atomic mass is 32.1. The van der Waals surface area contributed by atoms with Gasteiger partial charge in [-0.1, -0.05) is 44.0 Å². The van der Waals surface area contributed by atoms with Crippen LogP contribution >= 0.6 is 11.3 Å². The minimum Gasteiger partial charge on any atom is -0.330 e. The molecule has 1 amide bonds. The van der Waals surface area contributed by atoms with Crippen molar-refractivity contribution in [2.75, 3.05) is 19.6 Å². The number of hydrogen-bond donors (Lipinski definition) is 1. The molecule has 1 aliphatic heterocycles. The fourth-order valence-electron chi connectivity index (χ4n) is 3.61. The summed E-state index contributed by atoms with van der Waals surface area (Å²) in [5, 5.41) is 5.49. The van der Waals surface area contributed by atoms with E-state index in [1.807, 2.05) is 11.3 Å². The van der Waals surface area contributed by atoms with Crippen LogP contribution in [0.15, 0.2) is 35.7 Å². The molecule has 2 aromatic rings. The highest BCUT2D eigenvalue weighted by molar-refractivity contribution is 7.10. The number of aryl methyl sites for hydroxylation is 1. The number of carbonyl (C=O) groups is 1. The zero-order valence-electron chi connectivity index (χ0n) is 15.3. The van der Waals surface area contributed by atoms with Crippen LogP contribution in [0.2, 0.25) is 0 Å². The van der Waals surface area contributed by atoms with Crippen LogP contribution in [0.1, 0.15) is 53.8 Å². The van der Waals surface area contributed by atoms with E-state index in [1.165, 1.54) is 34.4 Å². The number of rotatable bonds is 7. The zero-order valence-corrected chi connectivity index (χ0v) is 16.1. The maximum atomic E-state index is 12.9. The molecule has 1 aromatic heterocycles. The normalized spacial score (nSPS) is 16.7. The quantitative estimate of drug-likeness (QED) is 0.750. The third-order valence-corrected chi connectivity index (χ3v) is 6.00. The first-order valence-corrected chi connectivity index (χ1v) is 10.2. The van der Waals surface area contributed by atoms with Crippen LogP contribution in [0, 0.1) is 6.92 Å². The summed E-state index contributed by atoms with van der Waals surface area (Å²) in [6.07, 6.45) is 4.53. The smallest absolute Gasteiger partial charge is 0.237 e. The highest BCUT2D eigenvalue weighted by Gasteiger charge is 2.33. The first kappa shape index (κ1) is 18.2. The third-order valence-electron chi connectivity index (χ3n) is 5.00.